The molecule has 106 valence electrons. The molecule has 0 atom stereocenters. The van der Waals surface area contributed by atoms with Gasteiger partial charge in [-0.05, 0) is 45.8 Å². The van der Waals surface area contributed by atoms with Crippen LogP contribution in [-0.4, -0.2) is 4.98 Å². The van der Waals surface area contributed by atoms with Gasteiger partial charge < -0.3 is 10.1 Å². The fourth-order valence-electron chi connectivity index (χ4n) is 1.83. The van der Waals surface area contributed by atoms with Gasteiger partial charge in [0.2, 0.25) is 0 Å². The van der Waals surface area contributed by atoms with Crippen molar-refractivity contribution in [3.05, 3.63) is 70.1 Å². The van der Waals surface area contributed by atoms with Gasteiger partial charge in [-0.25, -0.2) is 4.98 Å². The Hall–Kier alpha value is -1.85. The maximum atomic E-state index is 5.67. The van der Waals surface area contributed by atoms with Crippen molar-refractivity contribution in [2.45, 2.75) is 6.54 Å². The molecule has 0 aliphatic carbocycles. The summed E-state index contributed by atoms with van der Waals surface area (Å²) in [4.78, 5) is 4.14. The molecule has 1 aromatic heterocycles. The number of hydrogen-bond donors (Lipinski definition) is 1. The van der Waals surface area contributed by atoms with Crippen molar-refractivity contribution in [3.8, 4) is 10.9 Å². The summed E-state index contributed by atoms with van der Waals surface area (Å²) in [5.74, 6) is 0.780. The molecule has 5 heteroatoms. The minimum absolute atomic E-state index is 0.631. The van der Waals surface area contributed by atoms with Crippen molar-refractivity contribution in [1.82, 2.24) is 4.98 Å². The molecule has 0 spiro atoms. The largest absolute Gasteiger partial charge is 0.431 e. The number of anilines is 1. The van der Waals surface area contributed by atoms with Crippen LogP contribution in [0.4, 0.5) is 5.69 Å². The Labute approximate surface area is 135 Å². The summed E-state index contributed by atoms with van der Waals surface area (Å²) < 4.78 is 6.62. The van der Waals surface area contributed by atoms with E-state index in [1.54, 1.807) is 6.20 Å². The lowest BCUT2D eigenvalue weighted by molar-refractivity contribution is 0.479. The zero-order valence-electron chi connectivity index (χ0n) is 11.1. The molecule has 0 amide bonds. The van der Waals surface area contributed by atoms with Crippen LogP contribution in [0.2, 0.25) is 0 Å². The van der Waals surface area contributed by atoms with Crippen molar-refractivity contribution in [2.75, 3.05) is 5.32 Å². The van der Waals surface area contributed by atoms with Crippen LogP contribution in [0, 0.1) is 0 Å². The summed E-state index contributed by atoms with van der Waals surface area (Å²) >= 11 is 4.83. The van der Waals surface area contributed by atoms with Crippen LogP contribution in [0.25, 0.3) is 0 Å². The highest BCUT2D eigenvalue weighted by atomic mass is 79.9. The van der Waals surface area contributed by atoms with Gasteiger partial charge in [-0.3, -0.25) is 0 Å². The predicted octanol–water partition coefficient (Wildman–Crippen LogP) is 5.31. The second-order valence-corrected chi connectivity index (χ2v) is 6.77. The summed E-state index contributed by atoms with van der Waals surface area (Å²) in [6.45, 7) is 0.806. The number of halogens is 1. The Balaban J connectivity index is 1.59. The number of benzene rings is 2. The fourth-order valence-corrected chi connectivity index (χ4v) is 2.86. The predicted molar refractivity (Wildman–Crippen MR) is 90.1 cm³/mol. The molecule has 1 heterocycles. The first-order valence-corrected chi connectivity index (χ1v) is 8.07. The normalized spacial score (nSPS) is 10.3. The molecule has 3 nitrogen and oxygen atoms in total. The van der Waals surface area contributed by atoms with E-state index in [2.05, 4.69) is 38.4 Å². The molecule has 0 saturated heterocycles. The van der Waals surface area contributed by atoms with E-state index in [1.165, 1.54) is 16.9 Å². The smallest absolute Gasteiger partial charge is 0.279 e. The fraction of sp³-hybridized carbons (Fsp3) is 0.0625. The van der Waals surface area contributed by atoms with Gasteiger partial charge in [0.25, 0.3) is 5.19 Å². The SMILES string of the molecule is Brc1cnc(Oc2ccc(NCc3ccccc3)cc2)s1. The first kappa shape index (κ1) is 14.1. The van der Waals surface area contributed by atoms with E-state index >= 15 is 0 Å². The molecule has 3 rings (SSSR count). The molecule has 0 aliphatic rings. The number of nitrogens with zero attached hydrogens (tertiary/aromatic N) is 1. The zero-order chi connectivity index (χ0) is 14.5. The van der Waals surface area contributed by atoms with Gasteiger partial charge in [0, 0.05) is 12.2 Å². The van der Waals surface area contributed by atoms with Crippen molar-refractivity contribution in [3.63, 3.8) is 0 Å². The van der Waals surface area contributed by atoms with E-state index in [1.807, 2.05) is 42.5 Å². The molecule has 0 saturated carbocycles. The first-order valence-electron chi connectivity index (χ1n) is 6.47. The molecule has 1 N–H and O–H groups in total. The van der Waals surface area contributed by atoms with Crippen LogP contribution in [0.5, 0.6) is 10.9 Å². The van der Waals surface area contributed by atoms with E-state index < -0.39 is 0 Å². The monoisotopic (exact) mass is 360 g/mol. The molecule has 21 heavy (non-hydrogen) atoms. The van der Waals surface area contributed by atoms with Crippen molar-refractivity contribution in [2.24, 2.45) is 0 Å². The summed E-state index contributed by atoms with van der Waals surface area (Å²) in [5.41, 5.74) is 2.32. The number of hydrogen-bond acceptors (Lipinski definition) is 4. The lowest BCUT2D eigenvalue weighted by atomic mass is 10.2. The van der Waals surface area contributed by atoms with Crippen molar-refractivity contribution >= 4 is 33.0 Å². The second kappa shape index (κ2) is 6.74. The first-order chi connectivity index (χ1) is 10.3. The van der Waals surface area contributed by atoms with Gasteiger partial charge in [0.1, 0.15) is 5.75 Å². The highest BCUT2D eigenvalue weighted by Gasteiger charge is 2.02. The van der Waals surface area contributed by atoms with Gasteiger partial charge in [-0.15, -0.1) is 0 Å². The summed E-state index contributed by atoms with van der Waals surface area (Å²) in [6.07, 6.45) is 1.73. The van der Waals surface area contributed by atoms with Crippen molar-refractivity contribution < 1.29 is 4.74 Å². The molecule has 0 bridgehead atoms. The third-order valence-corrected chi connectivity index (χ3v) is 4.21. The van der Waals surface area contributed by atoms with Crippen LogP contribution in [0.1, 0.15) is 5.56 Å². The highest BCUT2D eigenvalue weighted by molar-refractivity contribution is 9.11. The highest BCUT2D eigenvalue weighted by Crippen LogP contribution is 2.30. The van der Waals surface area contributed by atoms with E-state index in [0.717, 1.165) is 21.8 Å². The summed E-state index contributed by atoms with van der Waals surface area (Å²) in [6, 6.07) is 18.2. The number of thiazole rings is 1. The lowest BCUT2D eigenvalue weighted by Crippen LogP contribution is -1.98. The van der Waals surface area contributed by atoms with Crippen LogP contribution >= 0.6 is 27.3 Å². The topological polar surface area (TPSA) is 34.1 Å². The maximum absolute atomic E-state index is 5.67. The Kier molecular flexibility index (Phi) is 4.52. The molecular weight excluding hydrogens is 348 g/mol. The van der Waals surface area contributed by atoms with E-state index in [0.29, 0.717) is 5.19 Å². The van der Waals surface area contributed by atoms with E-state index in [4.69, 9.17) is 4.74 Å². The third-order valence-electron chi connectivity index (χ3n) is 2.86. The van der Waals surface area contributed by atoms with Gasteiger partial charge in [-0.2, -0.15) is 0 Å². The average Bonchev–Trinajstić information content (AvgIpc) is 2.93. The molecule has 2 aromatic carbocycles. The number of aromatic nitrogens is 1. The Bertz CT molecular complexity index is 698. The van der Waals surface area contributed by atoms with Gasteiger partial charge >= 0.3 is 0 Å². The second-order valence-electron chi connectivity index (χ2n) is 4.40. The molecule has 0 fully saturated rings. The summed E-state index contributed by atoms with van der Waals surface area (Å²) in [7, 11) is 0. The minimum atomic E-state index is 0.631. The van der Waals surface area contributed by atoms with Crippen LogP contribution in [0.3, 0.4) is 0 Å². The Morgan fingerprint density at radius 3 is 2.48 bits per heavy atom. The quantitative estimate of drug-likeness (QED) is 0.669. The van der Waals surface area contributed by atoms with Crippen LogP contribution in [0.15, 0.2) is 64.6 Å². The molecule has 0 aliphatic heterocycles. The van der Waals surface area contributed by atoms with Gasteiger partial charge in [0.15, 0.2) is 0 Å². The Morgan fingerprint density at radius 1 is 1.05 bits per heavy atom. The third kappa shape index (κ3) is 4.06. The molecule has 0 unspecified atom stereocenters. The van der Waals surface area contributed by atoms with Gasteiger partial charge in [0.05, 0.1) is 9.98 Å². The lowest BCUT2D eigenvalue weighted by Gasteiger charge is -2.07. The van der Waals surface area contributed by atoms with Crippen LogP contribution < -0.4 is 10.1 Å². The standard InChI is InChI=1S/C16H13BrN2OS/c17-15-11-19-16(21-15)20-14-8-6-13(7-9-14)18-10-12-4-2-1-3-5-12/h1-9,11,18H,10H2. The maximum Gasteiger partial charge on any atom is 0.279 e. The van der Waals surface area contributed by atoms with E-state index in [-0.39, 0.29) is 0 Å². The van der Waals surface area contributed by atoms with Crippen LogP contribution in [-0.2, 0) is 6.54 Å². The van der Waals surface area contributed by atoms with Crippen molar-refractivity contribution in [1.29, 1.82) is 0 Å². The number of nitrogens with one attached hydrogen (secondary N) is 1. The average molecular weight is 361 g/mol. The number of ether oxygens (including phenoxy) is 1. The number of rotatable bonds is 5. The summed E-state index contributed by atoms with van der Waals surface area (Å²) in [5, 5.41) is 4.01. The minimum Gasteiger partial charge on any atom is -0.431 e. The van der Waals surface area contributed by atoms with Gasteiger partial charge in [-0.1, -0.05) is 41.7 Å². The Morgan fingerprint density at radius 2 is 1.81 bits per heavy atom. The molecule has 0 radical (unpaired) electrons. The molecular formula is C16H13BrN2OS. The molecule has 3 aromatic rings. The van der Waals surface area contributed by atoms with E-state index in [9.17, 15) is 0 Å². The zero-order valence-corrected chi connectivity index (χ0v) is 13.5.